The number of unbranched alkanes of at least 4 members (excludes halogenated alkanes) is 13. The Hall–Kier alpha value is -5.27. The summed E-state index contributed by atoms with van der Waals surface area (Å²) in [4.78, 5) is 85.6. The number of nitrogens with zero attached hydrogens (tertiary/aromatic N) is 2. The van der Waals surface area contributed by atoms with Crippen molar-refractivity contribution in [2.75, 3.05) is 0 Å². The van der Waals surface area contributed by atoms with E-state index in [0.717, 1.165) is 42.2 Å². The molecule has 2 aliphatic rings. The van der Waals surface area contributed by atoms with Crippen LogP contribution >= 0.6 is 0 Å². The van der Waals surface area contributed by atoms with Crippen molar-refractivity contribution in [2.45, 2.75) is 220 Å². The van der Waals surface area contributed by atoms with Gasteiger partial charge in [-0.05, 0) is 90.6 Å². The standard InChI is InChI=1S/C53H75N3O11/c1-10-13-14-15-16-17-18-19-20-21-22-23-24-25-26-42(48(60)66-51(4,5)6)54-44(57)29-30-45(58)65-53(12-3)40-32-43-46-38(33-56(43)47(59)39(40)34-63-49(53)61)36(11-2)37-31-35(27-28-41(37)55-46)64-50(62)67-52(7,8)9/h27-28,31-32,42H,10-26,29-30,33-34H2,1-9H3,(H,54,57)/t42?,53-/m0/s1. The normalized spacial score (nSPS) is 15.8. The van der Waals surface area contributed by atoms with Crippen molar-refractivity contribution in [3.63, 3.8) is 0 Å². The lowest BCUT2D eigenvalue weighted by atomic mass is 9.85. The van der Waals surface area contributed by atoms with Gasteiger partial charge in [0.15, 0.2) is 0 Å². The molecule has 1 aromatic carbocycles. The number of benzene rings is 1. The van der Waals surface area contributed by atoms with E-state index in [0.29, 0.717) is 29.7 Å². The topological polar surface area (TPSA) is 178 Å². The Morgan fingerprint density at radius 2 is 1.40 bits per heavy atom. The number of esters is 3. The van der Waals surface area contributed by atoms with Crippen LogP contribution in [0.3, 0.4) is 0 Å². The van der Waals surface area contributed by atoms with Crippen LogP contribution in [-0.2, 0) is 63.3 Å². The SMILES string of the molecule is CCCCCCCCCCCCCCCCC(NC(=O)CCC(=O)O[C@]1(CC)C(=O)OCc2c1cc1n(c2=O)Cc2c-1nc1ccc(OC(=O)OC(C)(C)C)cc1c2CC)C(=O)OC(C)(C)C. The third kappa shape index (κ3) is 14.1. The zero-order chi connectivity index (χ0) is 48.9. The number of carbonyl (C=O) groups excluding carboxylic acids is 5. The Kier molecular flexibility index (Phi) is 18.6. The molecular formula is C53H75N3O11. The van der Waals surface area contributed by atoms with Crippen LogP contribution in [-0.4, -0.2) is 56.8 Å². The van der Waals surface area contributed by atoms with Crippen molar-refractivity contribution in [2.24, 2.45) is 0 Å². The summed E-state index contributed by atoms with van der Waals surface area (Å²) in [6.07, 6.45) is 16.2. The molecule has 2 aliphatic heterocycles. The molecule has 0 saturated carbocycles. The lowest BCUT2D eigenvalue weighted by Crippen LogP contribution is -2.47. The van der Waals surface area contributed by atoms with E-state index >= 15 is 0 Å². The number of fused-ring (bicyclic) bond motifs is 5. The number of hydrogen-bond acceptors (Lipinski definition) is 12. The first-order valence-corrected chi connectivity index (χ1v) is 24.9. The highest BCUT2D eigenvalue weighted by Gasteiger charge is 2.50. The molecule has 1 amide bonds. The minimum atomic E-state index is -1.95. The first kappa shape index (κ1) is 52.7. The Balaban J connectivity index is 1.23. The van der Waals surface area contributed by atoms with Gasteiger partial charge in [-0.1, -0.05) is 111 Å². The predicted octanol–water partition coefficient (Wildman–Crippen LogP) is 11.0. The van der Waals surface area contributed by atoms with Gasteiger partial charge in [-0.3, -0.25) is 14.4 Å². The Morgan fingerprint density at radius 3 is 1.99 bits per heavy atom. The highest BCUT2D eigenvalue weighted by Crippen LogP contribution is 2.42. The molecule has 2 atom stereocenters. The lowest BCUT2D eigenvalue weighted by molar-refractivity contribution is -0.189. The number of aryl methyl sites for hydroxylation is 1. The molecule has 14 heteroatoms. The Morgan fingerprint density at radius 1 is 0.791 bits per heavy atom. The Labute approximate surface area is 396 Å². The van der Waals surface area contributed by atoms with Crippen LogP contribution in [0, 0.1) is 0 Å². The summed E-state index contributed by atoms with van der Waals surface area (Å²) in [6, 6.07) is 5.89. The van der Waals surface area contributed by atoms with Gasteiger partial charge >= 0.3 is 24.1 Å². The molecule has 368 valence electrons. The van der Waals surface area contributed by atoms with E-state index in [1.807, 2.05) is 6.92 Å². The van der Waals surface area contributed by atoms with Gasteiger partial charge in [0.1, 0.15) is 29.6 Å². The number of aromatic nitrogens is 2. The fourth-order valence-electron chi connectivity index (χ4n) is 9.02. The molecule has 0 bridgehead atoms. The summed E-state index contributed by atoms with van der Waals surface area (Å²) < 4.78 is 29.6. The minimum Gasteiger partial charge on any atom is -0.458 e. The molecule has 5 rings (SSSR count). The molecule has 3 aromatic rings. The van der Waals surface area contributed by atoms with E-state index in [9.17, 15) is 28.8 Å². The molecule has 0 radical (unpaired) electrons. The van der Waals surface area contributed by atoms with Crippen molar-refractivity contribution in [3.05, 3.63) is 56.9 Å². The molecule has 2 aromatic heterocycles. The summed E-state index contributed by atoms with van der Waals surface area (Å²) >= 11 is 0. The molecule has 0 saturated heterocycles. The zero-order valence-electron chi connectivity index (χ0n) is 41.6. The van der Waals surface area contributed by atoms with Crippen LogP contribution in [0.4, 0.5) is 4.79 Å². The number of rotatable bonds is 24. The molecule has 1 unspecified atom stereocenters. The van der Waals surface area contributed by atoms with E-state index < -0.39 is 64.8 Å². The smallest absolute Gasteiger partial charge is 0.458 e. The maximum atomic E-state index is 14.3. The maximum Gasteiger partial charge on any atom is 0.514 e. The van der Waals surface area contributed by atoms with Gasteiger partial charge in [-0.2, -0.15) is 0 Å². The molecule has 0 spiro atoms. The van der Waals surface area contributed by atoms with E-state index in [1.54, 1.807) is 77.3 Å². The molecule has 4 heterocycles. The number of carbonyl (C=O) groups is 5. The third-order valence-electron chi connectivity index (χ3n) is 12.4. The van der Waals surface area contributed by atoms with Crippen LogP contribution in [0.5, 0.6) is 5.75 Å². The van der Waals surface area contributed by atoms with Crippen LogP contribution in [0.25, 0.3) is 22.3 Å². The fraction of sp³-hybridized carbons (Fsp3) is 0.642. The van der Waals surface area contributed by atoms with Crippen LogP contribution < -0.4 is 15.6 Å². The van der Waals surface area contributed by atoms with E-state index in [1.165, 1.54) is 64.2 Å². The second kappa shape index (κ2) is 23.6. The monoisotopic (exact) mass is 930 g/mol. The molecule has 1 N–H and O–H groups in total. The number of amides is 1. The van der Waals surface area contributed by atoms with Gasteiger partial charge in [-0.15, -0.1) is 0 Å². The summed E-state index contributed by atoms with van der Waals surface area (Å²) in [5.41, 5.74) is -0.135. The first-order chi connectivity index (χ1) is 31.8. The summed E-state index contributed by atoms with van der Waals surface area (Å²) in [5, 5.41) is 3.54. The van der Waals surface area contributed by atoms with Crippen molar-refractivity contribution in [1.29, 1.82) is 0 Å². The summed E-state index contributed by atoms with van der Waals surface area (Å²) in [6.45, 7) is 16.4. The van der Waals surface area contributed by atoms with Crippen LogP contribution in [0.1, 0.15) is 200 Å². The lowest BCUT2D eigenvalue weighted by Gasteiger charge is -2.35. The Bertz CT molecular complexity index is 2300. The molecule has 14 nitrogen and oxygen atoms in total. The largest absolute Gasteiger partial charge is 0.514 e. The maximum absolute atomic E-state index is 14.3. The highest BCUT2D eigenvalue weighted by molar-refractivity contribution is 5.91. The van der Waals surface area contributed by atoms with Crippen molar-refractivity contribution >= 4 is 40.9 Å². The van der Waals surface area contributed by atoms with Gasteiger partial charge in [0.2, 0.25) is 11.5 Å². The van der Waals surface area contributed by atoms with Crippen molar-refractivity contribution in [1.82, 2.24) is 14.9 Å². The van der Waals surface area contributed by atoms with Crippen LogP contribution in [0.2, 0.25) is 0 Å². The van der Waals surface area contributed by atoms with Crippen molar-refractivity contribution < 1.29 is 47.7 Å². The van der Waals surface area contributed by atoms with Gasteiger partial charge in [0.05, 0.1) is 35.4 Å². The quantitative estimate of drug-likeness (QED) is 0.0305. The van der Waals surface area contributed by atoms with Gasteiger partial charge in [0, 0.05) is 22.9 Å². The van der Waals surface area contributed by atoms with Gasteiger partial charge in [0.25, 0.3) is 5.56 Å². The molecule has 67 heavy (non-hydrogen) atoms. The number of cyclic esters (lactones) is 1. The average molecular weight is 930 g/mol. The number of hydrogen-bond donors (Lipinski definition) is 1. The average Bonchev–Trinajstić information content (AvgIpc) is 3.62. The van der Waals surface area contributed by atoms with E-state index in [4.69, 9.17) is 28.7 Å². The molecule has 0 aliphatic carbocycles. The van der Waals surface area contributed by atoms with Gasteiger partial charge in [-0.25, -0.2) is 19.4 Å². The van der Waals surface area contributed by atoms with E-state index in [2.05, 4.69) is 12.2 Å². The van der Waals surface area contributed by atoms with Crippen LogP contribution in [0.15, 0.2) is 29.1 Å². The molecular weight excluding hydrogens is 855 g/mol. The highest BCUT2D eigenvalue weighted by atomic mass is 16.7. The second-order valence-electron chi connectivity index (χ2n) is 20.1. The first-order valence-electron chi connectivity index (χ1n) is 24.9. The predicted molar refractivity (Wildman–Crippen MR) is 257 cm³/mol. The number of nitrogens with one attached hydrogen (secondary N) is 1. The summed E-state index contributed by atoms with van der Waals surface area (Å²) in [5.74, 6) is -2.44. The number of ether oxygens (including phenoxy) is 5. The molecule has 0 fully saturated rings. The second-order valence-corrected chi connectivity index (χ2v) is 20.1. The van der Waals surface area contributed by atoms with Gasteiger partial charge < -0.3 is 33.6 Å². The van der Waals surface area contributed by atoms with E-state index in [-0.39, 0.29) is 42.9 Å². The number of pyridine rings is 2. The van der Waals surface area contributed by atoms with Crippen molar-refractivity contribution in [3.8, 4) is 17.1 Å². The third-order valence-corrected chi connectivity index (χ3v) is 12.4. The minimum absolute atomic E-state index is 0.0434. The fourth-order valence-corrected chi connectivity index (χ4v) is 9.02. The summed E-state index contributed by atoms with van der Waals surface area (Å²) in [7, 11) is 0. The zero-order valence-corrected chi connectivity index (χ0v) is 41.6.